The van der Waals surface area contributed by atoms with E-state index in [0.29, 0.717) is 11.1 Å². The van der Waals surface area contributed by atoms with E-state index in [2.05, 4.69) is 0 Å². The van der Waals surface area contributed by atoms with Gasteiger partial charge in [0, 0.05) is 4.70 Å². The van der Waals surface area contributed by atoms with Gasteiger partial charge in [-0.25, -0.2) is 0 Å². The maximum Gasteiger partial charge on any atom is 0.101 e. The second kappa shape index (κ2) is 2.90. The smallest absolute Gasteiger partial charge is 0.101 e. The van der Waals surface area contributed by atoms with Gasteiger partial charge in [0.25, 0.3) is 0 Å². The van der Waals surface area contributed by atoms with Gasteiger partial charge < -0.3 is 0 Å². The zero-order valence-corrected chi connectivity index (χ0v) is 7.43. The molecule has 1 aromatic carbocycles. The Kier molecular flexibility index (Phi) is 1.73. The van der Waals surface area contributed by atoms with Crippen molar-refractivity contribution in [3.8, 4) is 12.1 Å². The lowest BCUT2D eigenvalue weighted by Crippen LogP contribution is -1.81. The number of nitrogens with zero attached hydrogens (tertiary/aromatic N) is 2. The highest BCUT2D eigenvalue weighted by atomic mass is 32.1. The van der Waals surface area contributed by atoms with E-state index in [9.17, 15) is 0 Å². The summed E-state index contributed by atoms with van der Waals surface area (Å²) in [4.78, 5) is 0. The average molecular weight is 184 g/mol. The normalized spacial score (nSPS) is 9.38. The molecule has 2 nitrogen and oxygen atoms in total. The van der Waals surface area contributed by atoms with Crippen molar-refractivity contribution in [1.29, 1.82) is 10.5 Å². The molecular formula is C10H4N2S. The van der Waals surface area contributed by atoms with Crippen LogP contribution >= 0.6 is 11.3 Å². The van der Waals surface area contributed by atoms with Gasteiger partial charge in [0.1, 0.15) is 12.1 Å². The van der Waals surface area contributed by atoms with E-state index < -0.39 is 0 Å². The summed E-state index contributed by atoms with van der Waals surface area (Å²) in [6, 6.07) is 9.49. The van der Waals surface area contributed by atoms with Gasteiger partial charge in [-0.2, -0.15) is 10.5 Å². The van der Waals surface area contributed by atoms with E-state index in [4.69, 9.17) is 10.5 Å². The van der Waals surface area contributed by atoms with Crippen molar-refractivity contribution in [2.45, 2.75) is 0 Å². The van der Waals surface area contributed by atoms with E-state index in [1.807, 2.05) is 23.6 Å². The van der Waals surface area contributed by atoms with E-state index >= 15 is 0 Å². The lowest BCUT2D eigenvalue weighted by atomic mass is 10.1. The second-order valence-corrected chi connectivity index (χ2v) is 3.53. The van der Waals surface area contributed by atoms with E-state index in [0.717, 1.165) is 10.1 Å². The van der Waals surface area contributed by atoms with Crippen LogP contribution in [0.5, 0.6) is 0 Å². The fraction of sp³-hybridized carbons (Fsp3) is 0. The Morgan fingerprint density at radius 2 is 1.77 bits per heavy atom. The molecule has 0 saturated carbocycles. The number of benzene rings is 1. The van der Waals surface area contributed by atoms with Crippen molar-refractivity contribution < 1.29 is 0 Å². The maximum atomic E-state index is 8.75. The molecule has 2 aromatic rings. The van der Waals surface area contributed by atoms with Crippen molar-refractivity contribution in [2.24, 2.45) is 0 Å². The molecule has 0 bridgehead atoms. The number of fused-ring (bicyclic) bond motifs is 1. The summed E-state index contributed by atoms with van der Waals surface area (Å²) in [5.41, 5.74) is 0.908. The molecule has 1 heterocycles. The molecule has 0 amide bonds. The highest BCUT2D eigenvalue weighted by molar-refractivity contribution is 7.17. The molecule has 0 unspecified atom stereocenters. The molecule has 0 atom stereocenters. The third kappa shape index (κ3) is 1.16. The van der Waals surface area contributed by atoms with Crippen molar-refractivity contribution in [3.63, 3.8) is 0 Å². The Morgan fingerprint density at radius 1 is 1.08 bits per heavy atom. The fourth-order valence-corrected chi connectivity index (χ4v) is 2.00. The molecule has 0 saturated heterocycles. The van der Waals surface area contributed by atoms with Crippen LogP contribution in [-0.2, 0) is 0 Å². The zero-order valence-electron chi connectivity index (χ0n) is 6.61. The molecular weight excluding hydrogens is 180 g/mol. The minimum absolute atomic E-state index is 0.452. The summed E-state index contributed by atoms with van der Waals surface area (Å²) in [5.74, 6) is 0. The molecule has 60 valence electrons. The van der Waals surface area contributed by atoms with Crippen LogP contribution in [0.15, 0.2) is 23.6 Å². The first kappa shape index (κ1) is 7.79. The lowest BCUT2D eigenvalue weighted by molar-refractivity contribution is 1.45. The summed E-state index contributed by atoms with van der Waals surface area (Å²) in [6.45, 7) is 0. The van der Waals surface area contributed by atoms with Gasteiger partial charge in [-0.15, -0.1) is 11.3 Å². The maximum absolute atomic E-state index is 8.75. The third-order valence-electron chi connectivity index (χ3n) is 1.83. The Morgan fingerprint density at radius 3 is 2.46 bits per heavy atom. The van der Waals surface area contributed by atoms with Gasteiger partial charge in [0.15, 0.2) is 0 Å². The third-order valence-corrected chi connectivity index (χ3v) is 2.71. The Hall–Kier alpha value is -1.84. The Labute approximate surface area is 79.3 Å². The zero-order chi connectivity index (χ0) is 9.26. The van der Waals surface area contributed by atoms with Crippen LogP contribution in [0.4, 0.5) is 0 Å². The summed E-state index contributed by atoms with van der Waals surface area (Å²) >= 11 is 1.58. The first-order valence-corrected chi connectivity index (χ1v) is 4.54. The fourth-order valence-electron chi connectivity index (χ4n) is 1.19. The van der Waals surface area contributed by atoms with Crippen LogP contribution in [-0.4, -0.2) is 0 Å². The van der Waals surface area contributed by atoms with Crippen LogP contribution in [0, 0.1) is 22.7 Å². The molecule has 2 rings (SSSR count). The van der Waals surface area contributed by atoms with E-state index in [1.54, 1.807) is 23.5 Å². The van der Waals surface area contributed by atoms with Gasteiger partial charge in [-0.3, -0.25) is 0 Å². The first-order chi connectivity index (χ1) is 6.35. The molecule has 0 aliphatic heterocycles. The van der Waals surface area contributed by atoms with Gasteiger partial charge in [-0.1, -0.05) is 0 Å². The topological polar surface area (TPSA) is 47.6 Å². The monoisotopic (exact) mass is 184 g/mol. The number of hydrogen-bond acceptors (Lipinski definition) is 3. The quantitative estimate of drug-likeness (QED) is 0.631. The van der Waals surface area contributed by atoms with Crippen LogP contribution in [0.2, 0.25) is 0 Å². The molecule has 0 aliphatic rings. The van der Waals surface area contributed by atoms with Crippen molar-refractivity contribution in [1.82, 2.24) is 0 Å². The minimum atomic E-state index is 0.452. The molecule has 1 aromatic heterocycles. The molecule has 0 N–H and O–H groups in total. The van der Waals surface area contributed by atoms with Crippen molar-refractivity contribution >= 4 is 21.4 Å². The largest absolute Gasteiger partial charge is 0.192 e. The highest BCUT2D eigenvalue weighted by Gasteiger charge is 2.03. The SMILES string of the molecule is N#Cc1cc2ccsc2cc1C#N. The molecule has 13 heavy (non-hydrogen) atoms. The van der Waals surface area contributed by atoms with E-state index in [-0.39, 0.29) is 0 Å². The van der Waals surface area contributed by atoms with Gasteiger partial charge in [0.05, 0.1) is 11.1 Å². The van der Waals surface area contributed by atoms with E-state index in [1.165, 1.54) is 0 Å². The summed E-state index contributed by atoms with van der Waals surface area (Å²) < 4.78 is 1.05. The van der Waals surface area contributed by atoms with Crippen LogP contribution in [0.3, 0.4) is 0 Å². The average Bonchev–Trinajstić information content (AvgIpc) is 2.62. The molecule has 0 spiro atoms. The Bertz CT molecular complexity index is 492. The first-order valence-electron chi connectivity index (χ1n) is 3.66. The molecule has 3 heteroatoms. The Balaban J connectivity index is 2.85. The van der Waals surface area contributed by atoms with Gasteiger partial charge in [0.2, 0.25) is 0 Å². The van der Waals surface area contributed by atoms with Gasteiger partial charge >= 0.3 is 0 Å². The predicted molar refractivity (Wildman–Crippen MR) is 51.3 cm³/mol. The molecule has 0 radical (unpaired) electrons. The standard InChI is InChI=1S/C10H4N2S/c11-5-8-3-7-1-2-13-10(7)4-9(8)6-12/h1-4H. The highest BCUT2D eigenvalue weighted by Crippen LogP contribution is 2.24. The minimum Gasteiger partial charge on any atom is -0.192 e. The predicted octanol–water partition coefficient (Wildman–Crippen LogP) is 2.64. The van der Waals surface area contributed by atoms with Gasteiger partial charge in [-0.05, 0) is 29.0 Å². The number of nitriles is 2. The lowest BCUT2D eigenvalue weighted by Gasteiger charge is -1.93. The van der Waals surface area contributed by atoms with Crippen LogP contribution < -0.4 is 0 Å². The number of rotatable bonds is 0. The molecule has 0 fully saturated rings. The number of thiophene rings is 1. The van der Waals surface area contributed by atoms with Crippen LogP contribution in [0.25, 0.3) is 10.1 Å². The molecule has 0 aliphatic carbocycles. The van der Waals surface area contributed by atoms with Crippen molar-refractivity contribution in [3.05, 3.63) is 34.7 Å². The number of hydrogen-bond donors (Lipinski definition) is 0. The summed E-state index contributed by atoms with van der Waals surface area (Å²) in [7, 11) is 0. The van der Waals surface area contributed by atoms with Crippen molar-refractivity contribution in [2.75, 3.05) is 0 Å². The second-order valence-electron chi connectivity index (χ2n) is 2.58. The summed E-state index contributed by atoms with van der Waals surface area (Å²) in [6.07, 6.45) is 0. The summed E-state index contributed by atoms with van der Waals surface area (Å²) in [5, 5.41) is 20.5. The van der Waals surface area contributed by atoms with Crippen LogP contribution in [0.1, 0.15) is 11.1 Å².